The molecular formula is C23H25F2N3O4. The van der Waals surface area contributed by atoms with E-state index in [-0.39, 0.29) is 35.1 Å². The summed E-state index contributed by atoms with van der Waals surface area (Å²) in [5.74, 6) is 0.708. The van der Waals surface area contributed by atoms with Gasteiger partial charge in [-0.25, -0.2) is 13.8 Å². The first kappa shape index (κ1) is 22.0. The summed E-state index contributed by atoms with van der Waals surface area (Å²) >= 11 is 0. The largest absolute Gasteiger partial charge is 0.493 e. The highest BCUT2D eigenvalue weighted by atomic mass is 19.3. The summed E-state index contributed by atoms with van der Waals surface area (Å²) in [7, 11) is 1.55. The molecule has 0 N–H and O–H groups in total. The summed E-state index contributed by atoms with van der Waals surface area (Å²) < 4.78 is 43.5. The van der Waals surface area contributed by atoms with Gasteiger partial charge >= 0.3 is 0 Å². The van der Waals surface area contributed by atoms with Gasteiger partial charge in [-0.3, -0.25) is 4.79 Å². The van der Waals surface area contributed by atoms with Crippen LogP contribution in [0.2, 0.25) is 0 Å². The maximum Gasteiger partial charge on any atom is 0.264 e. The van der Waals surface area contributed by atoms with Crippen LogP contribution in [0.15, 0.2) is 28.8 Å². The molecule has 1 aliphatic heterocycles. The number of piperidine rings is 1. The van der Waals surface area contributed by atoms with Crippen LogP contribution in [0.25, 0.3) is 11.1 Å². The molecule has 1 atom stereocenters. The minimum atomic E-state index is -2.67. The van der Waals surface area contributed by atoms with Crippen molar-refractivity contribution in [3.8, 4) is 11.5 Å². The number of carbonyl (C=O) groups is 1. The molecule has 0 saturated carbocycles. The maximum atomic E-state index is 13.7. The number of aromatic nitrogens is 2. The molecule has 0 spiro atoms. The number of benzene rings is 1. The Morgan fingerprint density at radius 1 is 1.28 bits per heavy atom. The SMILES string of the molecule is COc1cc(C)ccc1OCC(=O)N1CCC[C@@H](c2cc(C(F)F)c3c(C)noc3n2)C1. The number of halogens is 2. The molecule has 1 aliphatic rings. The average molecular weight is 445 g/mol. The van der Waals surface area contributed by atoms with Gasteiger partial charge in [-0.2, -0.15) is 0 Å². The van der Waals surface area contributed by atoms with Crippen molar-refractivity contribution in [1.29, 1.82) is 0 Å². The molecule has 3 heterocycles. The molecule has 1 fully saturated rings. The van der Waals surface area contributed by atoms with Gasteiger partial charge in [0.2, 0.25) is 0 Å². The van der Waals surface area contributed by atoms with Crippen LogP contribution in [0.1, 0.15) is 47.7 Å². The first-order chi connectivity index (χ1) is 15.4. The lowest BCUT2D eigenvalue weighted by Crippen LogP contribution is -2.41. The molecule has 2 aromatic heterocycles. The third-order valence-electron chi connectivity index (χ3n) is 5.77. The molecule has 0 bridgehead atoms. The second kappa shape index (κ2) is 9.10. The zero-order valence-corrected chi connectivity index (χ0v) is 18.2. The van der Waals surface area contributed by atoms with Crippen molar-refractivity contribution in [2.75, 3.05) is 26.8 Å². The molecule has 1 amide bonds. The van der Waals surface area contributed by atoms with Gasteiger partial charge in [-0.05, 0) is 50.5 Å². The quantitative estimate of drug-likeness (QED) is 0.553. The van der Waals surface area contributed by atoms with Crippen LogP contribution in [0, 0.1) is 13.8 Å². The van der Waals surface area contributed by atoms with Crippen LogP contribution in [0.4, 0.5) is 8.78 Å². The molecule has 0 aliphatic carbocycles. The zero-order chi connectivity index (χ0) is 22.8. The third kappa shape index (κ3) is 4.37. The highest BCUT2D eigenvalue weighted by Crippen LogP contribution is 2.34. The lowest BCUT2D eigenvalue weighted by atomic mass is 9.93. The molecule has 9 heteroatoms. The van der Waals surface area contributed by atoms with Crippen LogP contribution in [-0.4, -0.2) is 47.8 Å². The van der Waals surface area contributed by atoms with Crippen molar-refractivity contribution in [3.63, 3.8) is 0 Å². The Kier molecular flexibility index (Phi) is 6.25. The van der Waals surface area contributed by atoms with Crippen LogP contribution < -0.4 is 9.47 Å². The number of methoxy groups -OCH3 is 1. The van der Waals surface area contributed by atoms with E-state index in [1.807, 2.05) is 19.1 Å². The fraction of sp³-hybridized carbons (Fsp3) is 0.435. The van der Waals surface area contributed by atoms with Gasteiger partial charge in [0.25, 0.3) is 18.0 Å². The Labute approximate surface area is 184 Å². The van der Waals surface area contributed by atoms with Crippen molar-refractivity contribution in [3.05, 3.63) is 46.8 Å². The Morgan fingerprint density at radius 3 is 2.84 bits per heavy atom. The maximum absolute atomic E-state index is 13.7. The van der Waals surface area contributed by atoms with Gasteiger partial charge in [-0.15, -0.1) is 0 Å². The van der Waals surface area contributed by atoms with Crippen LogP contribution >= 0.6 is 0 Å². The van der Waals surface area contributed by atoms with Crippen LogP contribution in [0.3, 0.4) is 0 Å². The van der Waals surface area contributed by atoms with E-state index in [1.165, 1.54) is 6.07 Å². The second-order valence-corrected chi connectivity index (χ2v) is 8.01. The number of pyridine rings is 1. The van der Waals surface area contributed by atoms with Gasteiger partial charge in [0, 0.05) is 30.3 Å². The summed E-state index contributed by atoms with van der Waals surface area (Å²) in [6, 6.07) is 6.91. The van der Waals surface area contributed by atoms with E-state index < -0.39 is 6.43 Å². The topological polar surface area (TPSA) is 77.7 Å². The van der Waals surface area contributed by atoms with Gasteiger partial charge < -0.3 is 18.9 Å². The number of alkyl halides is 2. The summed E-state index contributed by atoms with van der Waals surface area (Å²) in [4.78, 5) is 18.9. The average Bonchev–Trinajstić information content (AvgIpc) is 3.18. The molecule has 170 valence electrons. The zero-order valence-electron chi connectivity index (χ0n) is 18.2. The Hall–Kier alpha value is -3.23. The van der Waals surface area contributed by atoms with Crippen molar-refractivity contribution in [1.82, 2.24) is 15.0 Å². The Morgan fingerprint density at radius 2 is 2.09 bits per heavy atom. The van der Waals surface area contributed by atoms with E-state index in [0.29, 0.717) is 36.0 Å². The first-order valence-electron chi connectivity index (χ1n) is 10.5. The molecule has 7 nitrogen and oxygen atoms in total. The van der Waals surface area contributed by atoms with Gasteiger partial charge in [0.1, 0.15) is 0 Å². The first-order valence-corrected chi connectivity index (χ1v) is 10.5. The molecular weight excluding hydrogens is 420 g/mol. The summed E-state index contributed by atoms with van der Waals surface area (Å²) in [5, 5.41) is 4.04. The predicted molar refractivity (Wildman–Crippen MR) is 113 cm³/mol. The molecule has 3 aromatic rings. The third-order valence-corrected chi connectivity index (χ3v) is 5.77. The Bertz CT molecular complexity index is 1130. The van der Waals surface area contributed by atoms with Crippen LogP contribution in [0.5, 0.6) is 11.5 Å². The van der Waals surface area contributed by atoms with E-state index in [1.54, 1.807) is 25.0 Å². The van der Waals surface area contributed by atoms with E-state index in [0.717, 1.165) is 18.4 Å². The minimum Gasteiger partial charge on any atom is -0.493 e. The molecule has 1 aromatic carbocycles. The van der Waals surface area contributed by atoms with E-state index in [2.05, 4.69) is 10.1 Å². The van der Waals surface area contributed by atoms with Crippen molar-refractivity contribution in [2.24, 2.45) is 0 Å². The number of amides is 1. The summed E-state index contributed by atoms with van der Waals surface area (Å²) in [6.45, 7) is 4.37. The molecule has 4 rings (SSSR count). The highest BCUT2D eigenvalue weighted by molar-refractivity contribution is 5.80. The Balaban J connectivity index is 1.48. The van der Waals surface area contributed by atoms with Crippen molar-refractivity contribution in [2.45, 2.75) is 39.0 Å². The van der Waals surface area contributed by atoms with E-state index in [9.17, 15) is 13.6 Å². The van der Waals surface area contributed by atoms with Gasteiger partial charge in [-0.1, -0.05) is 11.2 Å². The number of hydrogen-bond acceptors (Lipinski definition) is 6. The molecule has 32 heavy (non-hydrogen) atoms. The standard InChI is InChI=1S/C23H25F2N3O4/c1-13-6-7-18(19(9-13)30-3)31-12-20(29)28-8-4-5-15(11-28)17-10-16(22(24)25)21-14(2)27-32-23(21)26-17/h6-7,9-10,15,22H,4-5,8,11-12H2,1-3H3/t15-/m1/s1. The number of carbonyl (C=O) groups excluding carboxylic acids is 1. The number of nitrogens with zero attached hydrogens (tertiary/aromatic N) is 3. The lowest BCUT2D eigenvalue weighted by Gasteiger charge is -2.32. The monoisotopic (exact) mass is 445 g/mol. The number of ether oxygens (including phenoxy) is 2. The van der Waals surface area contributed by atoms with Gasteiger partial charge in [0.05, 0.1) is 18.2 Å². The molecule has 0 unspecified atom stereocenters. The van der Waals surface area contributed by atoms with Crippen molar-refractivity contribution < 1.29 is 27.6 Å². The van der Waals surface area contributed by atoms with Crippen molar-refractivity contribution >= 4 is 17.0 Å². The highest BCUT2D eigenvalue weighted by Gasteiger charge is 2.29. The number of rotatable bonds is 6. The summed E-state index contributed by atoms with van der Waals surface area (Å²) in [5.41, 5.74) is 1.87. The van der Waals surface area contributed by atoms with Crippen LogP contribution in [-0.2, 0) is 4.79 Å². The number of hydrogen-bond donors (Lipinski definition) is 0. The number of fused-ring (bicyclic) bond motifs is 1. The van der Waals surface area contributed by atoms with E-state index in [4.69, 9.17) is 14.0 Å². The number of likely N-dealkylation sites (tertiary alicyclic amines) is 1. The smallest absolute Gasteiger partial charge is 0.264 e. The molecule has 0 radical (unpaired) electrons. The normalized spacial score (nSPS) is 16.6. The van der Waals surface area contributed by atoms with E-state index >= 15 is 0 Å². The minimum absolute atomic E-state index is 0.105. The fourth-order valence-corrected chi connectivity index (χ4v) is 4.10. The lowest BCUT2D eigenvalue weighted by molar-refractivity contribution is -0.134. The molecule has 1 saturated heterocycles. The predicted octanol–water partition coefficient (Wildman–Crippen LogP) is 4.57. The second-order valence-electron chi connectivity index (χ2n) is 8.01. The summed E-state index contributed by atoms with van der Waals surface area (Å²) in [6.07, 6.45) is -1.19. The van der Waals surface area contributed by atoms with Gasteiger partial charge in [0.15, 0.2) is 18.1 Å². The number of aryl methyl sites for hydroxylation is 2. The fourth-order valence-electron chi connectivity index (χ4n) is 4.10.